The SMILES string of the molecule is O=C(N/N=C\c1ccc(O)c([N+](=O)[O-])c1)c1cc2cc(Br)cc(Br)c2o1. The fourth-order valence-electron chi connectivity index (χ4n) is 2.18. The van der Waals surface area contributed by atoms with Crippen LogP contribution in [-0.4, -0.2) is 22.2 Å². The van der Waals surface area contributed by atoms with E-state index in [-0.39, 0.29) is 5.76 Å². The average molecular weight is 483 g/mol. The number of aromatic hydroxyl groups is 1. The van der Waals surface area contributed by atoms with Crippen LogP contribution in [0.4, 0.5) is 5.69 Å². The maximum atomic E-state index is 12.1. The topological polar surface area (TPSA) is 118 Å². The summed E-state index contributed by atoms with van der Waals surface area (Å²) in [7, 11) is 0. The number of phenolic OH excluding ortho intramolecular Hbond substituents is 1. The smallest absolute Gasteiger partial charge is 0.311 e. The molecule has 1 heterocycles. The summed E-state index contributed by atoms with van der Waals surface area (Å²) in [6.07, 6.45) is 1.22. The van der Waals surface area contributed by atoms with Crippen LogP contribution in [0.2, 0.25) is 0 Å². The first-order chi connectivity index (χ1) is 12.3. The number of nitrogens with one attached hydrogen (secondary N) is 1. The number of amides is 1. The molecule has 0 spiro atoms. The summed E-state index contributed by atoms with van der Waals surface area (Å²) < 4.78 is 7.03. The number of carbonyl (C=O) groups excluding carboxylic acids is 1. The number of rotatable bonds is 4. The Morgan fingerprint density at radius 2 is 2.04 bits per heavy atom. The zero-order chi connectivity index (χ0) is 18.8. The summed E-state index contributed by atoms with van der Waals surface area (Å²) in [5, 5.41) is 24.7. The molecule has 0 radical (unpaired) electrons. The van der Waals surface area contributed by atoms with Gasteiger partial charge in [0.25, 0.3) is 0 Å². The maximum Gasteiger partial charge on any atom is 0.311 e. The van der Waals surface area contributed by atoms with Crippen LogP contribution in [0.1, 0.15) is 16.1 Å². The van der Waals surface area contributed by atoms with Crippen molar-refractivity contribution < 1.29 is 19.2 Å². The molecule has 0 bridgehead atoms. The molecule has 0 unspecified atom stereocenters. The molecule has 0 saturated carbocycles. The molecule has 132 valence electrons. The molecule has 0 aliphatic carbocycles. The summed E-state index contributed by atoms with van der Waals surface area (Å²) in [4.78, 5) is 22.2. The van der Waals surface area contributed by atoms with E-state index in [0.29, 0.717) is 15.6 Å². The first kappa shape index (κ1) is 18.1. The largest absolute Gasteiger partial charge is 0.502 e. The van der Waals surface area contributed by atoms with Crippen LogP contribution in [-0.2, 0) is 0 Å². The standard InChI is InChI=1S/C16H9Br2N3O5/c17-10-4-9-5-14(26-15(9)11(18)6-10)16(23)20-19-7-8-1-2-13(22)12(3-8)21(24)25/h1-7,22H,(H,20,23)/b19-7-. The van der Waals surface area contributed by atoms with Crippen LogP contribution in [0.25, 0.3) is 11.0 Å². The Morgan fingerprint density at radius 3 is 2.77 bits per heavy atom. The molecule has 8 nitrogen and oxygen atoms in total. The lowest BCUT2D eigenvalue weighted by Gasteiger charge is -1.98. The van der Waals surface area contributed by atoms with Gasteiger partial charge in [-0.05, 0) is 46.3 Å². The molecular weight excluding hydrogens is 474 g/mol. The summed E-state index contributed by atoms with van der Waals surface area (Å²) in [6, 6.07) is 8.91. The Morgan fingerprint density at radius 1 is 1.27 bits per heavy atom. The average Bonchev–Trinajstić information content (AvgIpc) is 3.00. The van der Waals surface area contributed by atoms with Gasteiger partial charge in [0, 0.05) is 21.5 Å². The summed E-state index contributed by atoms with van der Waals surface area (Å²) in [6.45, 7) is 0. The summed E-state index contributed by atoms with van der Waals surface area (Å²) >= 11 is 6.71. The lowest BCUT2D eigenvalue weighted by molar-refractivity contribution is -0.385. The third-order valence-corrected chi connectivity index (χ3v) is 4.38. The van der Waals surface area contributed by atoms with E-state index in [1.54, 1.807) is 18.2 Å². The number of hydrogen-bond acceptors (Lipinski definition) is 6. The molecule has 0 saturated heterocycles. The number of nitro benzene ring substituents is 1. The zero-order valence-electron chi connectivity index (χ0n) is 12.8. The van der Waals surface area contributed by atoms with Gasteiger partial charge < -0.3 is 9.52 Å². The van der Waals surface area contributed by atoms with Gasteiger partial charge in [0.1, 0.15) is 5.58 Å². The van der Waals surface area contributed by atoms with Crippen molar-refractivity contribution in [3.63, 3.8) is 0 Å². The molecule has 2 N–H and O–H groups in total. The normalized spacial score (nSPS) is 11.2. The Hall–Kier alpha value is -2.72. The number of carbonyl (C=O) groups is 1. The van der Waals surface area contributed by atoms with Gasteiger partial charge in [0.05, 0.1) is 15.6 Å². The van der Waals surface area contributed by atoms with Crippen molar-refractivity contribution in [2.24, 2.45) is 5.10 Å². The number of furan rings is 1. The Labute approximate surface area is 162 Å². The Bertz CT molecular complexity index is 1060. The molecule has 26 heavy (non-hydrogen) atoms. The van der Waals surface area contributed by atoms with Gasteiger partial charge in [-0.3, -0.25) is 14.9 Å². The number of phenols is 1. The highest BCUT2D eigenvalue weighted by Crippen LogP contribution is 2.31. The Balaban J connectivity index is 1.77. The molecule has 3 rings (SSSR count). The van der Waals surface area contributed by atoms with Crippen molar-refractivity contribution in [2.75, 3.05) is 0 Å². The number of nitrogens with zero attached hydrogens (tertiary/aromatic N) is 2. The molecule has 0 aliphatic rings. The van der Waals surface area contributed by atoms with Crippen molar-refractivity contribution in [2.45, 2.75) is 0 Å². The van der Waals surface area contributed by atoms with E-state index in [9.17, 15) is 20.0 Å². The second-order valence-electron chi connectivity index (χ2n) is 5.12. The van der Waals surface area contributed by atoms with Gasteiger partial charge in [-0.2, -0.15) is 5.10 Å². The summed E-state index contributed by atoms with van der Waals surface area (Å²) in [5.74, 6) is -0.961. The predicted octanol–water partition coefficient (Wildman–Crippen LogP) is 4.34. The van der Waals surface area contributed by atoms with Gasteiger partial charge in [0.2, 0.25) is 0 Å². The van der Waals surface area contributed by atoms with Crippen LogP contribution in [0.15, 0.2) is 54.9 Å². The van der Waals surface area contributed by atoms with E-state index in [0.717, 1.165) is 15.9 Å². The maximum absolute atomic E-state index is 12.1. The number of benzene rings is 2. The molecule has 2 aromatic carbocycles. The van der Waals surface area contributed by atoms with Crippen molar-refractivity contribution in [1.29, 1.82) is 0 Å². The fourth-order valence-corrected chi connectivity index (χ4v) is 3.51. The van der Waals surface area contributed by atoms with Gasteiger partial charge in [-0.1, -0.05) is 15.9 Å². The quantitative estimate of drug-likeness (QED) is 0.326. The minimum Gasteiger partial charge on any atom is -0.502 e. The number of halogens is 2. The van der Waals surface area contributed by atoms with Crippen LogP contribution in [0.5, 0.6) is 5.75 Å². The van der Waals surface area contributed by atoms with Crippen LogP contribution in [0.3, 0.4) is 0 Å². The molecule has 0 atom stereocenters. The third kappa shape index (κ3) is 3.75. The minimum atomic E-state index is -0.713. The number of nitro groups is 1. The molecule has 0 fully saturated rings. The first-order valence-electron chi connectivity index (χ1n) is 7.04. The van der Waals surface area contributed by atoms with Crippen molar-refractivity contribution >= 4 is 60.6 Å². The number of hydrogen-bond donors (Lipinski definition) is 2. The second kappa shape index (κ2) is 7.26. The molecular formula is C16H9Br2N3O5. The van der Waals surface area contributed by atoms with Crippen LogP contribution >= 0.6 is 31.9 Å². The van der Waals surface area contributed by atoms with Crippen LogP contribution < -0.4 is 5.43 Å². The van der Waals surface area contributed by atoms with E-state index in [2.05, 4.69) is 42.4 Å². The number of hydrazone groups is 1. The lowest BCUT2D eigenvalue weighted by Crippen LogP contribution is -2.16. The van der Waals surface area contributed by atoms with Crippen molar-refractivity contribution in [3.05, 3.63) is 66.8 Å². The fraction of sp³-hybridized carbons (Fsp3) is 0. The van der Waals surface area contributed by atoms with Crippen molar-refractivity contribution in [3.8, 4) is 5.75 Å². The molecule has 0 aliphatic heterocycles. The highest BCUT2D eigenvalue weighted by atomic mass is 79.9. The Kier molecular flexibility index (Phi) is 5.05. The first-order valence-corrected chi connectivity index (χ1v) is 8.63. The number of fused-ring (bicyclic) bond motifs is 1. The monoisotopic (exact) mass is 481 g/mol. The molecule has 1 aromatic heterocycles. The second-order valence-corrected chi connectivity index (χ2v) is 6.89. The highest BCUT2D eigenvalue weighted by Gasteiger charge is 2.15. The van der Waals surface area contributed by atoms with E-state index in [1.807, 2.05) is 0 Å². The molecule has 10 heteroatoms. The van der Waals surface area contributed by atoms with Gasteiger partial charge in [-0.25, -0.2) is 5.43 Å². The highest BCUT2D eigenvalue weighted by molar-refractivity contribution is 9.11. The van der Waals surface area contributed by atoms with E-state index in [1.165, 1.54) is 18.3 Å². The van der Waals surface area contributed by atoms with Gasteiger partial charge in [0.15, 0.2) is 11.5 Å². The zero-order valence-corrected chi connectivity index (χ0v) is 15.9. The van der Waals surface area contributed by atoms with E-state index < -0.39 is 22.3 Å². The lowest BCUT2D eigenvalue weighted by atomic mass is 10.2. The molecule has 1 amide bonds. The van der Waals surface area contributed by atoms with E-state index in [4.69, 9.17) is 4.42 Å². The van der Waals surface area contributed by atoms with Gasteiger partial charge in [-0.15, -0.1) is 0 Å². The predicted molar refractivity (Wildman–Crippen MR) is 101 cm³/mol. The summed E-state index contributed by atoms with van der Waals surface area (Å²) in [5.41, 5.74) is 2.70. The van der Waals surface area contributed by atoms with Gasteiger partial charge >= 0.3 is 11.6 Å². The minimum absolute atomic E-state index is 0.0626. The van der Waals surface area contributed by atoms with E-state index >= 15 is 0 Å². The molecule has 3 aromatic rings. The van der Waals surface area contributed by atoms with Crippen LogP contribution in [0, 0.1) is 10.1 Å². The van der Waals surface area contributed by atoms with Crippen molar-refractivity contribution in [1.82, 2.24) is 5.43 Å². The third-order valence-electron chi connectivity index (χ3n) is 3.34.